The zero-order valence-corrected chi connectivity index (χ0v) is 26.6. The Bertz CT molecular complexity index is 1090. The molecule has 5 amide bonds. The van der Waals surface area contributed by atoms with Crippen molar-refractivity contribution in [2.24, 2.45) is 17.8 Å². The van der Waals surface area contributed by atoms with Crippen LogP contribution in [0.3, 0.4) is 0 Å². The molecule has 10 heteroatoms. The van der Waals surface area contributed by atoms with Gasteiger partial charge >= 0.3 is 0 Å². The van der Waals surface area contributed by atoms with Crippen molar-refractivity contribution in [3.63, 3.8) is 0 Å². The second-order valence-electron chi connectivity index (χ2n) is 12.8. The van der Waals surface area contributed by atoms with Crippen LogP contribution >= 0.6 is 0 Å². The molecule has 1 fully saturated rings. The summed E-state index contributed by atoms with van der Waals surface area (Å²) in [6, 6.07) is 8.31. The van der Waals surface area contributed by atoms with Gasteiger partial charge in [-0.1, -0.05) is 51.1 Å². The van der Waals surface area contributed by atoms with E-state index in [1.165, 1.54) is 13.8 Å². The maximum absolute atomic E-state index is 13.5. The average Bonchev–Trinajstić information content (AvgIpc) is 3.39. The van der Waals surface area contributed by atoms with Crippen molar-refractivity contribution >= 4 is 29.5 Å². The van der Waals surface area contributed by atoms with E-state index in [0.29, 0.717) is 38.1 Å². The fourth-order valence-electron chi connectivity index (χ4n) is 5.58. The zero-order chi connectivity index (χ0) is 31.6. The summed E-state index contributed by atoms with van der Waals surface area (Å²) < 4.78 is 0. The number of likely N-dealkylation sites (tertiary alicyclic amines) is 1. The van der Waals surface area contributed by atoms with Crippen molar-refractivity contribution in [2.45, 2.75) is 105 Å². The number of benzene rings is 1. The van der Waals surface area contributed by atoms with Crippen LogP contribution in [0.15, 0.2) is 30.3 Å². The molecule has 0 unspecified atom stereocenters. The highest BCUT2D eigenvalue weighted by Gasteiger charge is 2.40. The van der Waals surface area contributed by atoms with E-state index in [4.69, 9.17) is 0 Å². The van der Waals surface area contributed by atoms with Crippen molar-refractivity contribution in [3.05, 3.63) is 35.9 Å². The molecule has 5 atom stereocenters. The standard InChI is InChI=1S/C32H51N5O5/c1-20(2)17-27(35-24(6)39)21(3)31(42)37-16-12-15-28(37)30(41)36-32(7,8)19-33-29(40)26(22(4)34-23(5)38)18-25-13-10-9-11-14-25/h9-11,13-14,20-22,26-28H,12,15-19H2,1-8H3,(H,33,40)(H,34,38)(H,35,39)(H,36,41)/t21-,22-,26-,27-,28-/m0/s1. The summed E-state index contributed by atoms with van der Waals surface area (Å²) in [5, 5.41) is 11.8. The molecule has 0 saturated carbocycles. The van der Waals surface area contributed by atoms with Gasteiger partial charge in [-0.3, -0.25) is 24.0 Å². The number of carbonyl (C=O) groups excluding carboxylic acids is 5. The molecule has 0 aliphatic carbocycles. The number of nitrogens with zero attached hydrogens (tertiary/aromatic N) is 1. The number of hydrogen-bond donors (Lipinski definition) is 4. The van der Waals surface area contributed by atoms with Crippen molar-refractivity contribution in [3.8, 4) is 0 Å². The maximum atomic E-state index is 13.5. The van der Waals surface area contributed by atoms with Gasteiger partial charge in [0.2, 0.25) is 29.5 Å². The second-order valence-corrected chi connectivity index (χ2v) is 12.8. The van der Waals surface area contributed by atoms with Crippen molar-refractivity contribution < 1.29 is 24.0 Å². The van der Waals surface area contributed by atoms with E-state index in [9.17, 15) is 24.0 Å². The quantitative estimate of drug-likeness (QED) is 0.266. The number of rotatable bonds is 14. The van der Waals surface area contributed by atoms with E-state index < -0.39 is 29.5 Å². The Kier molecular flexibility index (Phi) is 13.0. The Hall–Kier alpha value is -3.43. The number of amides is 5. The maximum Gasteiger partial charge on any atom is 0.243 e. The van der Waals surface area contributed by atoms with Gasteiger partial charge in [0.25, 0.3) is 0 Å². The smallest absolute Gasteiger partial charge is 0.243 e. The minimum atomic E-state index is -0.791. The summed E-state index contributed by atoms with van der Waals surface area (Å²) in [7, 11) is 0. The molecule has 10 nitrogen and oxygen atoms in total. The summed E-state index contributed by atoms with van der Waals surface area (Å²) in [6.45, 7) is 14.9. The van der Waals surface area contributed by atoms with Gasteiger partial charge in [-0.05, 0) is 57.9 Å². The normalized spacial score (nSPS) is 18.0. The van der Waals surface area contributed by atoms with Crippen LogP contribution < -0.4 is 21.3 Å². The lowest BCUT2D eigenvalue weighted by atomic mass is 9.91. The van der Waals surface area contributed by atoms with Crippen LogP contribution in [0.25, 0.3) is 0 Å². The van der Waals surface area contributed by atoms with Gasteiger partial charge in [0, 0.05) is 39.0 Å². The molecule has 0 aromatic heterocycles. The lowest BCUT2D eigenvalue weighted by Gasteiger charge is -2.34. The van der Waals surface area contributed by atoms with E-state index in [-0.39, 0.29) is 42.1 Å². The van der Waals surface area contributed by atoms with E-state index in [0.717, 1.165) is 5.56 Å². The first-order chi connectivity index (χ1) is 19.6. The first-order valence-electron chi connectivity index (χ1n) is 15.1. The highest BCUT2D eigenvalue weighted by atomic mass is 16.2. The lowest BCUT2D eigenvalue weighted by molar-refractivity contribution is -0.142. The molecular formula is C32H51N5O5. The molecule has 234 valence electrons. The van der Waals surface area contributed by atoms with Crippen LogP contribution in [0.5, 0.6) is 0 Å². The minimum absolute atomic E-state index is 0.145. The second kappa shape index (κ2) is 15.7. The van der Waals surface area contributed by atoms with Gasteiger partial charge in [0.05, 0.1) is 17.4 Å². The van der Waals surface area contributed by atoms with Crippen LogP contribution in [0.2, 0.25) is 0 Å². The number of nitrogens with one attached hydrogen (secondary N) is 4. The fraction of sp³-hybridized carbons (Fsp3) is 0.656. The molecule has 42 heavy (non-hydrogen) atoms. The van der Waals surface area contributed by atoms with Crippen molar-refractivity contribution in [1.29, 1.82) is 0 Å². The highest BCUT2D eigenvalue weighted by molar-refractivity contribution is 5.90. The molecule has 4 N–H and O–H groups in total. The Morgan fingerprint density at radius 1 is 0.952 bits per heavy atom. The molecule has 0 bridgehead atoms. The third-order valence-electron chi connectivity index (χ3n) is 7.78. The molecule has 2 rings (SSSR count). The van der Waals surface area contributed by atoms with Crippen LogP contribution in [-0.4, -0.2) is 71.2 Å². The minimum Gasteiger partial charge on any atom is -0.353 e. The molecule has 0 radical (unpaired) electrons. The zero-order valence-electron chi connectivity index (χ0n) is 26.6. The van der Waals surface area contributed by atoms with Crippen LogP contribution in [0, 0.1) is 17.8 Å². The van der Waals surface area contributed by atoms with Crippen LogP contribution in [0.4, 0.5) is 0 Å². The molecule has 1 aromatic rings. The largest absolute Gasteiger partial charge is 0.353 e. The van der Waals surface area contributed by atoms with Crippen molar-refractivity contribution in [1.82, 2.24) is 26.2 Å². The number of hydrogen-bond acceptors (Lipinski definition) is 5. The Morgan fingerprint density at radius 2 is 1.57 bits per heavy atom. The molecular weight excluding hydrogens is 534 g/mol. The molecule has 1 aromatic carbocycles. The molecule has 1 aliphatic heterocycles. The summed E-state index contributed by atoms with van der Waals surface area (Å²) in [5.74, 6) is -1.70. The van der Waals surface area contributed by atoms with E-state index in [2.05, 4.69) is 21.3 Å². The van der Waals surface area contributed by atoms with Gasteiger partial charge in [0.15, 0.2) is 0 Å². The third-order valence-corrected chi connectivity index (χ3v) is 7.78. The predicted octanol–water partition coefficient (Wildman–Crippen LogP) is 2.56. The summed E-state index contributed by atoms with van der Waals surface area (Å²) >= 11 is 0. The summed E-state index contributed by atoms with van der Waals surface area (Å²) in [5.41, 5.74) is 0.192. The lowest BCUT2D eigenvalue weighted by Crippen LogP contribution is -2.58. The van der Waals surface area contributed by atoms with E-state index in [1.807, 2.05) is 71.9 Å². The monoisotopic (exact) mass is 585 g/mol. The highest BCUT2D eigenvalue weighted by Crippen LogP contribution is 2.24. The van der Waals surface area contributed by atoms with Gasteiger partial charge < -0.3 is 26.2 Å². The fourth-order valence-corrected chi connectivity index (χ4v) is 5.58. The Labute approximate surface area is 251 Å². The van der Waals surface area contributed by atoms with Gasteiger partial charge in [0.1, 0.15) is 6.04 Å². The summed E-state index contributed by atoms with van der Waals surface area (Å²) in [6.07, 6.45) is 2.38. The first kappa shape index (κ1) is 34.8. The van der Waals surface area contributed by atoms with E-state index in [1.54, 1.807) is 4.90 Å². The third kappa shape index (κ3) is 10.8. The molecule has 1 heterocycles. The Balaban J connectivity index is 2.06. The van der Waals surface area contributed by atoms with Crippen LogP contribution in [-0.2, 0) is 30.4 Å². The summed E-state index contributed by atoms with van der Waals surface area (Å²) in [4.78, 5) is 65.4. The SMILES string of the molecule is CC(=O)N[C@@H](C)[C@H](Cc1ccccc1)C(=O)NCC(C)(C)NC(=O)[C@@H]1CCCN1C(=O)[C@@H](C)[C@H](CC(C)C)NC(C)=O. The van der Waals surface area contributed by atoms with Crippen molar-refractivity contribution in [2.75, 3.05) is 13.1 Å². The van der Waals surface area contributed by atoms with Gasteiger partial charge in [-0.25, -0.2) is 0 Å². The first-order valence-corrected chi connectivity index (χ1v) is 15.1. The predicted molar refractivity (Wildman–Crippen MR) is 163 cm³/mol. The molecule has 1 aliphatic rings. The van der Waals surface area contributed by atoms with Gasteiger partial charge in [-0.15, -0.1) is 0 Å². The van der Waals surface area contributed by atoms with E-state index >= 15 is 0 Å². The van der Waals surface area contributed by atoms with Gasteiger partial charge in [-0.2, -0.15) is 0 Å². The van der Waals surface area contributed by atoms with Crippen LogP contribution in [0.1, 0.15) is 80.2 Å². The molecule has 1 saturated heterocycles. The molecule has 0 spiro atoms. The number of carbonyl (C=O) groups is 5. The average molecular weight is 586 g/mol. The topological polar surface area (TPSA) is 137 Å². The Morgan fingerprint density at radius 3 is 2.14 bits per heavy atom.